The fourth-order valence-electron chi connectivity index (χ4n) is 0.441. The molecule has 0 saturated carbocycles. The molecule has 88 valence electrons. The zero-order valence-electron chi connectivity index (χ0n) is 9.36. The predicted octanol–water partition coefficient (Wildman–Crippen LogP) is 1.97. The number of hydrogen-bond acceptors (Lipinski definition) is 3. The van der Waals surface area contributed by atoms with E-state index in [-0.39, 0.29) is 5.57 Å². The standard InChI is InChI=1S/C7H9NO2.C4H6O2/c1-6(7(9)10)4-2-3-5-8;1-3(2)4(5)6/h4H,2-3H2,1H3,(H,9,10);1H2,2H3,(H,5,6). The molecule has 0 amide bonds. The van der Waals surface area contributed by atoms with Gasteiger partial charge in [-0.05, 0) is 20.3 Å². The van der Waals surface area contributed by atoms with E-state index in [9.17, 15) is 9.59 Å². The highest BCUT2D eigenvalue weighted by Gasteiger charge is 1.96. The Kier molecular flexibility index (Phi) is 9.67. The predicted molar refractivity (Wildman–Crippen MR) is 58.7 cm³/mol. The Morgan fingerprint density at radius 3 is 2.00 bits per heavy atom. The highest BCUT2D eigenvalue weighted by molar-refractivity contribution is 5.85. The molecule has 0 spiro atoms. The average Bonchev–Trinajstić information content (AvgIpc) is 2.18. The van der Waals surface area contributed by atoms with Crippen LogP contribution in [0, 0.1) is 11.3 Å². The molecule has 0 aliphatic heterocycles. The zero-order valence-corrected chi connectivity index (χ0v) is 9.36. The summed E-state index contributed by atoms with van der Waals surface area (Å²) >= 11 is 0. The van der Waals surface area contributed by atoms with Gasteiger partial charge in [0.1, 0.15) is 0 Å². The maximum atomic E-state index is 10.1. The van der Waals surface area contributed by atoms with Crippen molar-refractivity contribution in [3.05, 3.63) is 23.8 Å². The van der Waals surface area contributed by atoms with Gasteiger partial charge in [0.15, 0.2) is 0 Å². The Hall–Kier alpha value is -2.09. The lowest BCUT2D eigenvalue weighted by atomic mass is 10.2. The molecule has 16 heavy (non-hydrogen) atoms. The summed E-state index contributed by atoms with van der Waals surface area (Å²) < 4.78 is 0. The van der Waals surface area contributed by atoms with Crippen LogP contribution in [0.2, 0.25) is 0 Å². The lowest BCUT2D eigenvalue weighted by Crippen LogP contribution is -1.95. The largest absolute Gasteiger partial charge is 0.478 e. The number of carboxylic acids is 2. The monoisotopic (exact) mass is 225 g/mol. The number of nitrogens with zero attached hydrogens (tertiary/aromatic N) is 1. The molecule has 0 heterocycles. The van der Waals surface area contributed by atoms with Crippen LogP contribution in [-0.4, -0.2) is 22.2 Å². The molecular formula is C11H15NO4. The lowest BCUT2D eigenvalue weighted by molar-refractivity contribution is -0.133. The van der Waals surface area contributed by atoms with Gasteiger partial charge in [-0.1, -0.05) is 12.7 Å². The molecule has 0 aromatic carbocycles. The molecular weight excluding hydrogens is 210 g/mol. The lowest BCUT2D eigenvalue weighted by Gasteiger charge is -1.88. The van der Waals surface area contributed by atoms with E-state index >= 15 is 0 Å². The first-order chi connectivity index (χ1) is 7.32. The van der Waals surface area contributed by atoms with E-state index in [2.05, 4.69) is 6.58 Å². The van der Waals surface area contributed by atoms with Gasteiger partial charge < -0.3 is 10.2 Å². The second-order valence-electron chi connectivity index (χ2n) is 2.97. The quantitative estimate of drug-likeness (QED) is 0.563. The van der Waals surface area contributed by atoms with Gasteiger partial charge in [-0.3, -0.25) is 0 Å². The molecule has 0 atom stereocenters. The Bertz CT molecular complexity index is 324. The number of aliphatic carboxylic acids is 2. The Morgan fingerprint density at radius 1 is 1.31 bits per heavy atom. The second kappa shape index (κ2) is 9.46. The van der Waals surface area contributed by atoms with Crippen molar-refractivity contribution in [1.82, 2.24) is 0 Å². The number of hydrogen-bond donors (Lipinski definition) is 2. The molecule has 0 aromatic rings. The number of carboxylic acid groups (broad SMARTS) is 2. The summed E-state index contributed by atoms with van der Waals surface area (Å²) in [6, 6.07) is 1.92. The molecule has 0 aliphatic rings. The summed E-state index contributed by atoms with van der Waals surface area (Å²) in [5.41, 5.74) is 0.477. The SMILES string of the molecule is C=C(C)C(=O)O.CC(=CCCC#N)C(=O)O. The highest BCUT2D eigenvalue weighted by atomic mass is 16.4. The summed E-state index contributed by atoms with van der Waals surface area (Å²) in [5.74, 6) is -1.85. The van der Waals surface area contributed by atoms with Crippen molar-refractivity contribution >= 4 is 11.9 Å². The van der Waals surface area contributed by atoms with Gasteiger partial charge in [0, 0.05) is 17.6 Å². The Morgan fingerprint density at radius 2 is 1.75 bits per heavy atom. The third-order valence-electron chi connectivity index (χ3n) is 1.41. The number of nitriles is 1. The van der Waals surface area contributed by atoms with Crippen LogP contribution in [0.15, 0.2) is 23.8 Å². The number of allylic oxidation sites excluding steroid dienone is 1. The molecule has 0 radical (unpaired) electrons. The van der Waals surface area contributed by atoms with Crippen molar-refractivity contribution < 1.29 is 19.8 Å². The van der Waals surface area contributed by atoms with Crippen LogP contribution in [0.3, 0.4) is 0 Å². The second-order valence-corrected chi connectivity index (χ2v) is 2.97. The molecule has 0 unspecified atom stereocenters. The summed E-state index contributed by atoms with van der Waals surface area (Å²) in [7, 11) is 0. The fourth-order valence-corrected chi connectivity index (χ4v) is 0.441. The van der Waals surface area contributed by atoms with Gasteiger partial charge in [-0.25, -0.2) is 9.59 Å². The van der Waals surface area contributed by atoms with Crippen LogP contribution in [0.25, 0.3) is 0 Å². The number of rotatable bonds is 4. The molecule has 0 fully saturated rings. The average molecular weight is 225 g/mol. The van der Waals surface area contributed by atoms with Gasteiger partial charge in [-0.2, -0.15) is 5.26 Å². The van der Waals surface area contributed by atoms with Gasteiger partial charge in [0.25, 0.3) is 0 Å². The zero-order chi connectivity index (χ0) is 13.1. The maximum absolute atomic E-state index is 10.1. The first-order valence-electron chi connectivity index (χ1n) is 4.48. The highest BCUT2D eigenvalue weighted by Crippen LogP contribution is 1.96. The minimum absolute atomic E-state index is 0.176. The van der Waals surface area contributed by atoms with E-state index in [4.69, 9.17) is 15.5 Å². The van der Waals surface area contributed by atoms with E-state index in [0.717, 1.165) is 0 Å². The van der Waals surface area contributed by atoms with Crippen molar-refractivity contribution in [2.75, 3.05) is 0 Å². The summed E-state index contributed by atoms with van der Waals surface area (Å²) in [6.07, 6.45) is 2.45. The van der Waals surface area contributed by atoms with Crippen LogP contribution in [-0.2, 0) is 9.59 Å². The summed E-state index contributed by atoms with van der Waals surface area (Å²) in [6.45, 7) is 6.12. The normalized spacial score (nSPS) is 9.44. The molecule has 5 nitrogen and oxygen atoms in total. The Labute approximate surface area is 94.3 Å². The summed E-state index contributed by atoms with van der Waals surface area (Å²) in [4.78, 5) is 19.7. The summed E-state index contributed by atoms with van der Waals surface area (Å²) in [5, 5.41) is 24.3. The van der Waals surface area contributed by atoms with Crippen LogP contribution in [0.5, 0.6) is 0 Å². The topological polar surface area (TPSA) is 98.4 Å². The molecule has 0 aliphatic carbocycles. The minimum atomic E-state index is -0.935. The Balaban J connectivity index is 0. The van der Waals surface area contributed by atoms with Gasteiger partial charge in [0.05, 0.1) is 6.07 Å². The maximum Gasteiger partial charge on any atom is 0.330 e. The van der Waals surface area contributed by atoms with Gasteiger partial charge >= 0.3 is 11.9 Å². The number of unbranched alkanes of at least 4 members (excludes halogenated alkanes) is 1. The van der Waals surface area contributed by atoms with Crippen LogP contribution >= 0.6 is 0 Å². The molecule has 0 aromatic heterocycles. The first kappa shape index (κ1) is 16.3. The van der Waals surface area contributed by atoms with Gasteiger partial charge in [0.2, 0.25) is 0 Å². The van der Waals surface area contributed by atoms with Crippen molar-refractivity contribution in [2.24, 2.45) is 0 Å². The van der Waals surface area contributed by atoms with Crippen LogP contribution in [0.4, 0.5) is 0 Å². The van der Waals surface area contributed by atoms with E-state index in [1.807, 2.05) is 6.07 Å². The van der Waals surface area contributed by atoms with Crippen molar-refractivity contribution in [3.8, 4) is 6.07 Å². The van der Waals surface area contributed by atoms with Crippen molar-refractivity contribution in [2.45, 2.75) is 26.7 Å². The van der Waals surface area contributed by atoms with Crippen LogP contribution < -0.4 is 0 Å². The van der Waals surface area contributed by atoms with Crippen molar-refractivity contribution in [1.29, 1.82) is 5.26 Å². The van der Waals surface area contributed by atoms with Crippen molar-refractivity contribution in [3.63, 3.8) is 0 Å². The molecule has 2 N–H and O–H groups in total. The molecule has 0 bridgehead atoms. The smallest absolute Gasteiger partial charge is 0.330 e. The van der Waals surface area contributed by atoms with E-state index in [0.29, 0.717) is 18.4 Å². The molecule has 0 rings (SSSR count). The van der Waals surface area contributed by atoms with Crippen LogP contribution in [0.1, 0.15) is 26.7 Å². The third-order valence-corrected chi connectivity index (χ3v) is 1.41. The number of carbonyl (C=O) groups is 2. The minimum Gasteiger partial charge on any atom is -0.478 e. The molecule has 5 heteroatoms. The third kappa shape index (κ3) is 11.9. The molecule has 0 saturated heterocycles. The van der Waals surface area contributed by atoms with E-state index in [1.165, 1.54) is 13.8 Å². The fraction of sp³-hybridized carbons (Fsp3) is 0.364. The first-order valence-corrected chi connectivity index (χ1v) is 4.48. The van der Waals surface area contributed by atoms with E-state index in [1.54, 1.807) is 6.08 Å². The van der Waals surface area contributed by atoms with Gasteiger partial charge in [-0.15, -0.1) is 0 Å². The van der Waals surface area contributed by atoms with E-state index < -0.39 is 11.9 Å².